The van der Waals surface area contributed by atoms with Gasteiger partial charge < -0.3 is 24.8 Å². The molecule has 140 valence electrons. The minimum atomic E-state index is -0.733. The number of aliphatic hydroxyl groups is 1. The summed E-state index contributed by atoms with van der Waals surface area (Å²) in [7, 11) is 4.04. The van der Waals surface area contributed by atoms with Crippen molar-refractivity contribution in [3.05, 3.63) is 22.7 Å². The van der Waals surface area contributed by atoms with Gasteiger partial charge in [0, 0.05) is 12.6 Å². The predicted molar refractivity (Wildman–Crippen MR) is 91.1 cm³/mol. The molecule has 1 saturated heterocycles. The molecule has 25 heavy (non-hydrogen) atoms. The van der Waals surface area contributed by atoms with Gasteiger partial charge in [-0.25, -0.2) is 4.79 Å². The fourth-order valence-electron chi connectivity index (χ4n) is 2.48. The second-order valence-corrected chi connectivity index (χ2v) is 6.20. The number of nitrogens with zero attached hydrogens (tertiary/aromatic N) is 3. The minimum absolute atomic E-state index is 0.157. The Balaban J connectivity index is 1.80. The quantitative estimate of drug-likeness (QED) is 0.609. The Morgan fingerprint density at radius 2 is 2.24 bits per heavy atom. The first-order valence-electron chi connectivity index (χ1n) is 8.41. The number of carbonyl (C=O) groups is 1. The summed E-state index contributed by atoms with van der Waals surface area (Å²) in [6.07, 6.45) is 3.36. The van der Waals surface area contributed by atoms with Gasteiger partial charge in [-0.15, -0.1) is 0 Å². The van der Waals surface area contributed by atoms with Gasteiger partial charge in [-0.2, -0.15) is 4.98 Å². The van der Waals surface area contributed by atoms with Crippen molar-refractivity contribution < 1.29 is 19.4 Å². The van der Waals surface area contributed by atoms with Crippen LogP contribution in [0.2, 0.25) is 0 Å². The molecule has 2 rings (SSSR count). The Bertz CT molecular complexity index is 619. The van der Waals surface area contributed by atoms with Crippen LogP contribution in [-0.2, 0) is 14.3 Å². The van der Waals surface area contributed by atoms with Crippen molar-refractivity contribution in [1.29, 1.82) is 0 Å². The Kier molecular flexibility index (Phi) is 7.51. The van der Waals surface area contributed by atoms with E-state index >= 15 is 0 Å². The van der Waals surface area contributed by atoms with E-state index in [1.165, 1.54) is 10.8 Å². The maximum Gasteiger partial charge on any atom is 0.351 e. The second-order valence-electron chi connectivity index (χ2n) is 6.20. The topological polar surface area (TPSA) is 106 Å². The average Bonchev–Trinajstić information content (AvgIpc) is 3.03. The van der Waals surface area contributed by atoms with Gasteiger partial charge in [0.15, 0.2) is 12.5 Å². The number of ether oxygens (including phenoxy) is 2. The summed E-state index contributed by atoms with van der Waals surface area (Å²) in [6.45, 7) is 0.887. The summed E-state index contributed by atoms with van der Waals surface area (Å²) in [5, 5.41) is 11.6. The summed E-state index contributed by atoms with van der Waals surface area (Å²) in [5.41, 5.74) is -0.545. The lowest BCUT2D eigenvalue weighted by molar-refractivity contribution is -0.116. The van der Waals surface area contributed by atoms with E-state index in [0.717, 1.165) is 25.8 Å². The van der Waals surface area contributed by atoms with Crippen LogP contribution in [0.15, 0.2) is 17.1 Å². The number of unbranched alkanes of at least 4 members (excludes halogenated alkanes) is 2. The normalized spacial score (nSPS) is 20.2. The number of carbonyl (C=O) groups excluding carboxylic acids is 1. The Morgan fingerprint density at radius 3 is 2.88 bits per heavy atom. The molecule has 9 nitrogen and oxygen atoms in total. The third-order valence-electron chi connectivity index (χ3n) is 3.80. The zero-order chi connectivity index (χ0) is 18.2. The van der Waals surface area contributed by atoms with E-state index in [1.54, 1.807) is 6.07 Å². The molecule has 1 aromatic rings. The molecule has 1 amide bonds. The van der Waals surface area contributed by atoms with E-state index in [9.17, 15) is 9.59 Å². The molecule has 1 fully saturated rings. The molecular formula is C16H26N4O5. The molecule has 1 aliphatic heterocycles. The SMILES string of the molecule is CN(C)CCCCCC(=O)Nc1ccn([C@@H]2CO[C@H](CO)O2)c(=O)n1. The molecule has 2 heterocycles. The molecule has 1 aliphatic rings. The number of hydrogen-bond acceptors (Lipinski definition) is 7. The van der Waals surface area contributed by atoms with E-state index in [-0.39, 0.29) is 24.9 Å². The van der Waals surface area contributed by atoms with Crippen molar-refractivity contribution in [2.45, 2.75) is 38.2 Å². The monoisotopic (exact) mass is 354 g/mol. The van der Waals surface area contributed by atoms with Gasteiger partial charge >= 0.3 is 5.69 Å². The van der Waals surface area contributed by atoms with Crippen LogP contribution >= 0.6 is 0 Å². The number of aliphatic hydroxyl groups excluding tert-OH is 1. The van der Waals surface area contributed by atoms with Crippen LogP contribution in [0.4, 0.5) is 5.82 Å². The highest BCUT2D eigenvalue weighted by Crippen LogP contribution is 2.19. The van der Waals surface area contributed by atoms with Crippen LogP contribution in [0.1, 0.15) is 31.9 Å². The molecule has 0 radical (unpaired) electrons. The predicted octanol–water partition coefficient (Wildman–Crippen LogP) is 0.168. The lowest BCUT2D eigenvalue weighted by Gasteiger charge is -2.13. The van der Waals surface area contributed by atoms with E-state index in [4.69, 9.17) is 14.6 Å². The van der Waals surface area contributed by atoms with Crippen molar-refractivity contribution >= 4 is 11.7 Å². The summed E-state index contributed by atoms with van der Waals surface area (Å²) < 4.78 is 11.8. The van der Waals surface area contributed by atoms with Crippen LogP contribution in [0.5, 0.6) is 0 Å². The number of aromatic nitrogens is 2. The summed E-state index contributed by atoms with van der Waals surface area (Å²) in [5.74, 6) is 0.0625. The molecule has 0 aromatic carbocycles. The highest BCUT2D eigenvalue weighted by Gasteiger charge is 2.27. The first-order valence-corrected chi connectivity index (χ1v) is 8.41. The van der Waals surface area contributed by atoms with Crippen LogP contribution in [0, 0.1) is 0 Å². The lowest BCUT2D eigenvalue weighted by Crippen LogP contribution is -2.29. The Morgan fingerprint density at radius 1 is 1.44 bits per heavy atom. The van der Waals surface area contributed by atoms with E-state index in [1.807, 2.05) is 14.1 Å². The van der Waals surface area contributed by atoms with Gasteiger partial charge in [0.25, 0.3) is 0 Å². The zero-order valence-electron chi connectivity index (χ0n) is 14.7. The summed E-state index contributed by atoms with van der Waals surface area (Å²) in [6, 6.07) is 1.54. The van der Waals surface area contributed by atoms with Gasteiger partial charge in [0.05, 0.1) is 13.2 Å². The molecular weight excluding hydrogens is 328 g/mol. The molecule has 2 atom stereocenters. The zero-order valence-corrected chi connectivity index (χ0v) is 14.7. The summed E-state index contributed by atoms with van der Waals surface area (Å²) in [4.78, 5) is 29.9. The Hall–Kier alpha value is -1.81. The minimum Gasteiger partial charge on any atom is -0.391 e. The largest absolute Gasteiger partial charge is 0.391 e. The van der Waals surface area contributed by atoms with Gasteiger partial charge in [-0.1, -0.05) is 6.42 Å². The van der Waals surface area contributed by atoms with Gasteiger partial charge in [0.1, 0.15) is 5.82 Å². The maximum absolute atomic E-state index is 12.1. The maximum atomic E-state index is 12.1. The van der Waals surface area contributed by atoms with Crippen LogP contribution in [0.3, 0.4) is 0 Å². The van der Waals surface area contributed by atoms with Crippen molar-refractivity contribution in [2.24, 2.45) is 0 Å². The molecule has 0 aliphatic carbocycles. The van der Waals surface area contributed by atoms with Gasteiger partial charge in [-0.3, -0.25) is 9.36 Å². The van der Waals surface area contributed by atoms with Crippen molar-refractivity contribution in [2.75, 3.05) is 39.2 Å². The highest BCUT2D eigenvalue weighted by atomic mass is 16.7. The van der Waals surface area contributed by atoms with Crippen LogP contribution in [0.25, 0.3) is 0 Å². The molecule has 0 saturated carbocycles. The first kappa shape index (κ1) is 19.5. The van der Waals surface area contributed by atoms with Gasteiger partial charge in [0.2, 0.25) is 5.91 Å². The average molecular weight is 354 g/mol. The third-order valence-corrected chi connectivity index (χ3v) is 3.80. The van der Waals surface area contributed by atoms with Crippen LogP contribution in [-0.4, -0.2) is 65.6 Å². The molecule has 0 unspecified atom stereocenters. The molecule has 2 N–H and O–H groups in total. The lowest BCUT2D eigenvalue weighted by atomic mass is 10.2. The number of amides is 1. The summed E-state index contributed by atoms with van der Waals surface area (Å²) >= 11 is 0. The molecule has 9 heteroatoms. The second kappa shape index (κ2) is 9.62. The fourth-order valence-corrected chi connectivity index (χ4v) is 2.48. The molecule has 0 bridgehead atoms. The smallest absolute Gasteiger partial charge is 0.351 e. The van der Waals surface area contributed by atoms with Crippen LogP contribution < -0.4 is 11.0 Å². The number of nitrogens with one attached hydrogen (secondary N) is 1. The Labute approximate surface area is 146 Å². The number of rotatable bonds is 9. The van der Waals surface area contributed by atoms with Crippen molar-refractivity contribution in [1.82, 2.24) is 14.5 Å². The molecule has 0 spiro atoms. The molecule has 1 aromatic heterocycles. The highest BCUT2D eigenvalue weighted by molar-refractivity contribution is 5.89. The van der Waals surface area contributed by atoms with Crippen molar-refractivity contribution in [3.8, 4) is 0 Å². The fraction of sp³-hybridized carbons (Fsp3) is 0.688. The standard InChI is InChI=1S/C16H26N4O5/c1-19(2)8-5-3-4-6-13(22)17-12-7-9-20(16(23)18-12)14-11-24-15(10-21)25-14/h7,9,14-15,21H,3-6,8,10-11H2,1-2H3,(H,17,18,22,23)/t14-,15-/m0/s1. The van der Waals surface area contributed by atoms with Gasteiger partial charge in [-0.05, 0) is 39.5 Å². The number of hydrogen-bond donors (Lipinski definition) is 2. The van der Waals surface area contributed by atoms with E-state index in [0.29, 0.717) is 6.42 Å². The van der Waals surface area contributed by atoms with E-state index in [2.05, 4.69) is 15.2 Å². The first-order chi connectivity index (χ1) is 12.0. The van der Waals surface area contributed by atoms with Crippen molar-refractivity contribution in [3.63, 3.8) is 0 Å². The number of anilines is 1. The van der Waals surface area contributed by atoms with E-state index < -0.39 is 18.2 Å². The third kappa shape index (κ3) is 6.20.